The summed E-state index contributed by atoms with van der Waals surface area (Å²) in [5, 5.41) is 0. The third kappa shape index (κ3) is 2.08. The zero-order valence-corrected chi connectivity index (χ0v) is 12.5. The van der Waals surface area contributed by atoms with E-state index in [-0.39, 0.29) is 11.7 Å². The Morgan fingerprint density at radius 1 is 0.955 bits per heavy atom. The number of hydrogen-bond acceptors (Lipinski definition) is 2. The Morgan fingerprint density at radius 3 is 2.41 bits per heavy atom. The van der Waals surface area contributed by atoms with Crippen molar-refractivity contribution in [3.05, 3.63) is 65.7 Å². The number of nitrogens with zero attached hydrogens (tertiary/aromatic N) is 1. The standard InChI is InChI=1S/C19H19NO2/c21-18-20(14-15-8-2-1-3-9-15)17-11-5-4-10-16(17)19(22-18)12-6-7-13-19/h1-5,8-11H,6-7,12-14H2. The molecular weight excluding hydrogens is 274 g/mol. The monoisotopic (exact) mass is 293 g/mol. The molecule has 1 amide bonds. The lowest BCUT2D eigenvalue weighted by atomic mass is 9.88. The zero-order chi connectivity index (χ0) is 15.0. The van der Waals surface area contributed by atoms with Crippen LogP contribution in [0.2, 0.25) is 0 Å². The molecule has 1 aliphatic heterocycles. The summed E-state index contributed by atoms with van der Waals surface area (Å²) in [4.78, 5) is 14.4. The van der Waals surface area contributed by atoms with Gasteiger partial charge in [0.15, 0.2) is 0 Å². The number of fused-ring (bicyclic) bond motifs is 2. The molecule has 2 aromatic rings. The first-order valence-electron chi connectivity index (χ1n) is 7.92. The Hall–Kier alpha value is -2.29. The van der Waals surface area contributed by atoms with Gasteiger partial charge in [-0.2, -0.15) is 0 Å². The van der Waals surface area contributed by atoms with Gasteiger partial charge in [-0.1, -0.05) is 48.5 Å². The number of ether oxygens (including phenoxy) is 1. The summed E-state index contributed by atoms with van der Waals surface area (Å²) in [7, 11) is 0. The van der Waals surface area contributed by atoms with E-state index in [1.165, 1.54) is 5.56 Å². The highest BCUT2D eigenvalue weighted by Gasteiger charge is 2.46. The maximum atomic E-state index is 12.6. The van der Waals surface area contributed by atoms with Crippen molar-refractivity contribution in [1.29, 1.82) is 0 Å². The molecule has 3 nitrogen and oxygen atoms in total. The lowest BCUT2D eigenvalue weighted by molar-refractivity contribution is 0.0105. The molecule has 1 spiro atoms. The predicted molar refractivity (Wildman–Crippen MR) is 85.7 cm³/mol. The number of benzene rings is 2. The molecule has 0 radical (unpaired) electrons. The van der Waals surface area contributed by atoms with Crippen LogP contribution in [-0.4, -0.2) is 6.09 Å². The molecule has 112 valence electrons. The van der Waals surface area contributed by atoms with Crippen LogP contribution in [0.1, 0.15) is 36.8 Å². The summed E-state index contributed by atoms with van der Waals surface area (Å²) in [6, 6.07) is 18.2. The van der Waals surface area contributed by atoms with Crippen LogP contribution in [0.25, 0.3) is 0 Å². The lowest BCUT2D eigenvalue weighted by Gasteiger charge is -2.40. The molecule has 3 heteroatoms. The fourth-order valence-corrected chi connectivity index (χ4v) is 3.70. The highest BCUT2D eigenvalue weighted by Crippen LogP contribution is 2.49. The number of hydrogen-bond donors (Lipinski definition) is 0. The summed E-state index contributed by atoms with van der Waals surface area (Å²) in [6.45, 7) is 0.548. The van der Waals surface area contributed by atoms with Gasteiger partial charge in [0, 0.05) is 5.56 Å². The molecule has 1 saturated carbocycles. The van der Waals surface area contributed by atoms with Crippen LogP contribution < -0.4 is 4.90 Å². The average molecular weight is 293 g/mol. The van der Waals surface area contributed by atoms with Gasteiger partial charge in [-0.15, -0.1) is 0 Å². The molecule has 22 heavy (non-hydrogen) atoms. The van der Waals surface area contributed by atoms with Crippen molar-refractivity contribution in [3.63, 3.8) is 0 Å². The third-order valence-corrected chi connectivity index (χ3v) is 4.78. The van der Waals surface area contributed by atoms with Gasteiger partial charge in [0.1, 0.15) is 5.60 Å². The molecule has 2 aromatic carbocycles. The first-order chi connectivity index (χ1) is 10.8. The first kappa shape index (κ1) is 13.4. The molecule has 0 bridgehead atoms. The van der Waals surface area contributed by atoms with E-state index in [4.69, 9.17) is 4.74 Å². The minimum absolute atomic E-state index is 0.218. The molecule has 1 aliphatic carbocycles. The SMILES string of the molecule is O=C1OC2(CCCC2)c2ccccc2N1Cc1ccccc1. The fraction of sp³-hybridized carbons (Fsp3) is 0.316. The van der Waals surface area contributed by atoms with E-state index in [0.717, 1.165) is 36.9 Å². The summed E-state index contributed by atoms with van der Waals surface area (Å²) < 4.78 is 5.93. The number of carbonyl (C=O) groups excluding carboxylic acids is 1. The van der Waals surface area contributed by atoms with Crippen molar-refractivity contribution in [2.45, 2.75) is 37.8 Å². The van der Waals surface area contributed by atoms with Crippen LogP contribution in [0.3, 0.4) is 0 Å². The molecule has 1 heterocycles. The second-order valence-electron chi connectivity index (χ2n) is 6.16. The van der Waals surface area contributed by atoms with Crippen LogP contribution in [-0.2, 0) is 16.9 Å². The third-order valence-electron chi connectivity index (χ3n) is 4.78. The molecule has 0 saturated heterocycles. The van der Waals surface area contributed by atoms with Gasteiger partial charge >= 0.3 is 6.09 Å². The quantitative estimate of drug-likeness (QED) is 0.809. The Kier molecular flexibility index (Phi) is 3.14. The summed E-state index contributed by atoms with van der Waals surface area (Å²) in [5.41, 5.74) is 2.89. The number of amides is 1. The van der Waals surface area contributed by atoms with E-state index < -0.39 is 0 Å². The average Bonchev–Trinajstić information content (AvgIpc) is 3.02. The van der Waals surface area contributed by atoms with Crippen LogP contribution in [0, 0.1) is 0 Å². The minimum atomic E-state index is -0.388. The van der Waals surface area contributed by atoms with Crippen molar-refractivity contribution in [3.8, 4) is 0 Å². The van der Waals surface area contributed by atoms with Crippen molar-refractivity contribution in [2.75, 3.05) is 4.90 Å². The summed E-state index contributed by atoms with van der Waals surface area (Å²) >= 11 is 0. The Morgan fingerprint density at radius 2 is 1.64 bits per heavy atom. The van der Waals surface area contributed by atoms with Crippen molar-refractivity contribution in [1.82, 2.24) is 0 Å². The van der Waals surface area contributed by atoms with Gasteiger partial charge in [-0.3, -0.25) is 4.90 Å². The van der Waals surface area contributed by atoms with Gasteiger partial charge in [0.25, 0.3) is 0 Å². The maximum Gasteiger partial charge on any atom is 0.415 e. The van der Waals surface area contributed by atoms with Gasteiger partial charge in [-0.25, -0.2) is 4.79 Å². The second kappa shape index (κ2) is 5.16. The smallest absolute Gasteiger partial charge is 0.415 e. The van der Waals surface area contributed by atoms with Gasteiger partial charge in [-0.05, 0) is 37.3 Å². The van der Waals surface area contributed by atoms with Crippen LogP contribution in [0.4, 0.5) is 10.5 Å². The fourth-order valence-electron chi connectivity index (χ4n) is 3.70. The summed E-state index contributed by atoms with van der Waals surface area (Å²) in [6.07, 6.45) is 3.91. The van der Waals surface area contributed by atoms with E-state index >= 15 is 0 Å². The molecule has 0 N–H and O–H groups in total. The number of para-hydroxylation sites is 1. The zero-order valence-electron chi connectivity index (χ0n) is 12.5. The topological polar surface area (TPSA) is 29.5 Å². The van der Waals surface area contributed by atoms with Gasteiger partial charge in [0.05, 0.1) is 12.2 Å². The second-order valence-corrected chi connectivity index (χ2v) is 6.16. The molecule has 0 aromatic heterocycles. The Bertz CT molecular complexity index is 690. The first-order valence-corrected chi connectivity index (χ1v) is 7.92. The van der Waals surface area contributed by atoms with Crippen molar-refractivity contribution < 1.29 is 9.53 Å². The largest absolute Gasteiger partial charge is 0.438 e. The number of anilines is 1. The van der Waals surface area contributed by atoms with Gasteiger partial charge in [0.2, 0.25) is 0 Å². The normalized spacial score (nSPS) is 19.1. The summed E-state index contributed by atoms with van der Waals surface area (Å²) in [5.74, 6) is 0. The molecule has 4 rings (SSSR count). The van der Waals surface area contributed by atoms with E-state index in [0.29, 0.717) is 6.54 Å². The maximum absolute atomic E-state index is 12.6. The molecular formula is C19H19NO2. The predicted octanol–water partition coefficient (Wildman–Crippen LogP) is 4.61. The van der Waals surface area contributed by atoms with Crippen LogP contribution in [0.5, 0.6) is 0 Å². The van der Waals surface area contributed by atoms with Crippen molar-refractivity contribution >= 4 is 11.8 Å². The lowest BCUT2D eigenvalue weighted by Crippen LogP contribution is -2.44. The van der Waals surface area contributed by atoms with E-state index in [2.05, 4.69) is 6.07 Å². The number of rotatable bonds is 2. The minimum Gasteiger partial charge on any atom is -0.438 e. The van der Waals surface area contributed by atoms with Crippen molar-refractivity contribution in [2.24, 2.45) is 0 Å². The molecule has 0 unspecified atom stereocenters. The highest BCUT2D eigenvalue weighted by molar-refractivity contribution is 5.91. The van der Waals surface area contributed by atoms with Crippen LogP contribution in [0.15, 0.2) is 54.6 Å². The molecule has 1 fully saturated rings. The molecule has 2 aliphatic rings. The Labute approximate surface area is 130 Å². The number of carbonyl (C=O) groups is 1. The van der Waals surface area contributed by atoms with E-state index in [1.807, 2.05) is 48.5 Å². The molecule has 0 atom stereocenters. The van der Waals surface area contributed by atoms with Gasteiger partial charge < -0.3 is 4.74 Å². The van der Waals surface area contributed by atoms with E-state index in [1.54, 1.807) is 4.90 Å². The van der Waals surface area contributed by atoms with Crippen LogP contribution >= 0.6 is 0 Å². The Balaban J connectivity index is 1.75. The highest BCUT2D eigenvalue weighted by atomic mass is 16.6. The van der Waals surface area contributed by atoms with E-state index in [9.17, 15) is 4.79 Å².